The van der Waals surface area contributed by atoms with Gasteiger partial charge >= 0.3 is 6.09 Å². The van der Waals surface area contributed by atoms with E-state index in [4.69, 9.17) is 9.26 Å². The summed E-state index contributed by atoms with van der Waals surface area (Å²) in [5.41, 5.74) is 1.48. The van der Waals surface area contributed by atoms with Gasteiger partial charge in [0.2, 0.25) is 0 Å². The molecular formula is C22H22FN7O3. The molecule has 33 heavy (non-hydrogen) atoms. The Bertz CT molecular complexity index is 1150. The number of carbonyl (C=O) groups is 1. The number of ether oxygens (including phenoxy) is 1. The Morgan fingerprint density at radius 3 is 2.82 bits per heavy atom. The Morgan fingerprint density at radius 2 is 2.12 bits per heavy atom. The molecule has 2 aliphatic heterocycles. The summed E-state index contributed by atoms with van der Waals surface area (Å²) in [6.07, 6.45) is 3.89. The molecule has 2 aromatic heterocycles. The highest BCUT2D eigenvalue weighted by atomic mass is 19.1. The lowest BCUT2D eigenvalue weighted by Crippen LogP contribution is -2.36. The number of nitrogens with one attached hydrogen (secondary N) is 1. The molecule has 1 atom stereocenters. The molecule has 0 saturated carbocycles. The molecule has 0 unspecified atom stereocenters. The van der Waals surface area contributed by atoms with Crippen molar-refractivity contribution < 1.29 is 18.4 Å². The highest BCUT2D eigenvalue weighted by Gasteiger charge is 2.32. The lowest BCUT2D eigenvalue weighted by Gasteiger charge is -2.26. The summed E-state index contributed by atoms with van der Waals surface area (Å²) >= 11 is 0. The van der Waals surface area contributed by atoms with Gasteiger partial charge in [0.05, 0.1) is 25.3 Å². The van der Waals surface area contributed by atoms with Gasteiger partial charge in [0.15, 0.2) is 5.82 Å². The highest BCUT2D eigenvalue weighted by molar-refractivity contribution is 5.90. The average Bonchev–Trinajstić information content (AvgIpc) is 3.48. The number of pyridine rings is 1. The zero-order valence-electron chi connectivity index (χ0n) is 17.9. The fourth-order valence-electron chi connectivity index (χ4n) is 3.67. The second-order valence-electron chi connectivity index (χ2n) is 7.76. The number of anilines is 3. The molecule has 2 aliphatic rings. The molecule has 1 aromatic carbocycles. The summed E-state index contributed by atoms with van der Waals surface area (Å²) in [6.45, 7) is 2.24. The van der Waals surface area contributed by atoms with Crippen LogP contribution in [-0.2, 0) is 4.74 Å². The van der Waals surface area contributed by atoms with E-state index in [0.29, 0.717) is 35.7 Å². The number of hydrogen-bond acceptors (Lipinski definition) is 9. The number of carbonyl (C=O) groups excluding carboxylic acids is 1. The van der Waals surface area contributed by atoms with E-state index in [1.165, 1.54) is 17.2 Å². The van der Waals surface area contributed by atoms with Gasteiger partial charge in [-0.15, -0.1) is 0 Å². The molecule has 4 heterocycles. The molecule has 1 fully saturated rings. The van der Waals surface area contributed by atoms with E-state index >= 15 is 0 Å². The number of hydrazone groups is 1. The van der Waals surface area contributed by atoms with Crippen LogP contribution in [0.25, 0.3) is 11.1 Å². The van der Waals surface area contributed by atoms with Gasteiger partial charge in [-0.25, -0.2) is 14.2 Å². The summed E-state index contributed by atoms with van der Waals surface area (Å²) in [5.74, 6) is 0.859. The van der Waals surface area contributed by atoms with Crippen LogP contribution < -0.4 is 15.1 Å². The van der Waals surface area contributed by atoms with Crippen LogP contribution in [0, 0.1) is 5.82 Å². The van der Waals surface area contributed by atoms with Crippen molar-refractivity contribution in [3.8, 4) is 11.1 Å². The third-order valence-electron chi connectivity index (χ3n) is 5.49. The lowest BCUT2D eigenvalue weighted by molar-refractivity contribution is 0.147. The second kappa shape index (κ2) is 8.77. The third kappa shape index (κ3) is 4.43. The average molecular weight is 451 g/mol. The Labute approximate surface area is 189 Å². The molecule has 1 amide bonds. The van der Waals surface area contributed by atoms with Crippen molar-refractivity contribution in [1.29, 1.82) is 0 Å². The molecule has 3 aromatic rings. The smallest absolute Gasteiger partial charge is 0.414 e. The van der Waals surface area contributed by atoms with Gasteiger partial charge in [-0.05, 0) is 30.3 Å². The van der Waals surface area contributed by atoms with Gasteiger partial charge in [0.25, 0.3) is 0 Å². The first kappa shape index (κ1) is 20.7. The minimum atomic E-state index is -0.519. The van der Waals surface area contributed by atoms with Crippen molar-refractivity contribution in [2.45, 2.75) is 6.10 Å². The standard InChI is InChI=1S/C22H22FN7O3/c1-28-7-8-29(14-26-28)21-5-2-15(11-25-21)18-4-3-16(10-19(18)23)30-13-17(33-22(30)31)12-24-20-6-9-32-27-20/h2-6,9-11,14,17H,7-8,12-13H2,1H3,(H,24,27)/t17-/m0/s1. The lowest BCUT2D eigenvalue weighted by atomic mass is 10.1. The van der Waals surface area contributed by atoms with Crippen LogP contribution in [0.5, 0.6) is 0 Å². The minimum Gasteiger partial charge on any atom is -0.442 e. The number of nitrogens with zero attached hydrogens (tertiary/aromatic N) is 6. The van der Waals surface area contributed by atoms with Crippen molar-refractivity contribution in [1.82, 2.24) is 15.1 Å². The molecular weight excluding hydrogens is 429 g/mol. The number of benzene rings is 1. The number of likely N-dealkylation sites (N-methyl/N-ethyl adjacent to an activating group) is 1. The maximum absolute atomic E-state index is 15.0. The van der Waals surface area contributed by atoms with Crippen LogP contribution >= 0.6 is 0 Å². The van der Waals surface area contributed by atoms with Crippen LogP contribution in [0.2, 0.25) is 0 Å². The number of rotatable bonds is 6. The summed E-state index contributed by atoms with van der Waals surface area (Å²) < 4.78 is 25.1. The molecule has 0 radical (unpaired) electrons. The Morgan fingerprint density at radius 1 is 1.21 bits per heavy atom. The molecule has 1 saturated heterocycles. The van der Waals surface area contributed by atoms with Crippen molar-refractivity contribution in [2.75, 3.05) is 48.3 Å². The van der Waals surface area contributed by atoms with Crippen LogP contribution in [0.15, 0.2) is 58.5 Å². The predicted octanol–water partition coefficient (Wildman–Crippen LogP) is 3.01. The number of amides is 1. The van der Waals surface area contributed by atoms with Crippen molar-refractivity contribution in [3.63, 3.8) is 0 Å². The van der Waals surface area contributed by atoms with E-state index in [1.54, 1.807) is 30.7 Å². The second-order valence-corrected chi connectivity index (χ2v) is 7.76. The van der Waals surface area contributed by atoms with Gasteiger partial charge in [-0.3, -0.25) is 9.91 Å². The van der Waals surface area contributed by atoms with Crippen LogP contribution in [-0.4, -0.2) is 66.9 Å². The molecule has 0 spiro atoms. The van der Waals surface area contributed by atoms with Crippen LogP contribution in [0.4, 0.5) is 26.5 Å². The van der Waals surface area contributed by atoms with Gasteiger partial charge in [0.1, 0.15) is 30.3 Å². The first-order valence-corrected chi connectivity index (χ1v) is 10.5. The fourth-order valence-corrected chi connectivity index (χ4v) is 3.67. The Kier molecular flexibility index (Phi) is 5.51. The number of aromatic nitrogens is 2. The van der Waals surface area contributed by atoms with Gasteiger partial charge in [-0.1, -0.05) is 5.16 Å². The minimum absolute atomic E-state index is 0.297. The normalized spacial score (nSPS) is 18.1. The molecule has 5 rings (SSSR count). The quantitative estimate of drug-likeness (QED) is 0.611. The van der Waals surface area contributed by atoms with Gasteiger partial charge < -0.3 is 19.5 Å². The van der Waals surface area contributed by atoms with E-state index in [0.717, 1.165) is 18.9 Å². The van der Waals surface area contributed by atoms with E-state index in [2.05, 4.69) is 20.6 Å². The van der Waals surface area contributed by atoms with Crippen molar-refractivity contribution >= 4 is 29.8 Å². The van der Waals surface area contributed by atoms with Crippen molar-refractivity contribution in [2.24, 2.45) is 5.10 Å². The van der Waals surface area contributed by atoms with Crippen molar-refractivity contribution in [3.05, 3.63) is 54.7 Å². The third-order valence-corrected chi connectivity index (χ3v) is 5.49. The molecule has 0 aliphatic carbocycles. The first-order valence-electron chi connectivity index (χ1n) is 10.5. The highest BCUT2D eigenvalue weighted by Crippen LogP contribution is 2.29. The summed E-state index contributed by atoms with van der Waals surface area (Å²) in [4.78, 5) is 20.1. The maximum atomic E-state index is 15.0. The van der Waals surface area contributed by atoms with Crippen LogP contribution in [0.1, 0.15) is 0 Å². The van der Waals surface area contributed by atoms with E-state index in [9.17, 15) is 9.18 Å². The number of halogens is 1. The Balaban J connectivity index is 1.26. The van der Waals surface area contributed by atoms with E-state index in [1.807, 2.05) is 29.1 Å². The molecule has 170 valence electrons. The summed E-state index contributed by atoms with van der Waals surface area (Å²) in [5, 5.41) is 12.9. The number of cyclic esters (lactones) is 1. The zero-order valence-corrected chi connectivity index (χ0v) is 17.9. The zero-order chi connectivity index (χ0) is 22.8. The van der Waals surface area contributed by atoms with Gasteiger partial charge in [0, 0.05) is 37.0 Å². The van der Waals surface area contributed by atoms with Crippen LogP contribution in [0.3, 0.4) is 0 Å². The molecule has 10 nitrogen and oxygen atoms in total. The Hall–Kier alpha value is -4.15. The SMILES string of the molecule is CN1CCN(c2ccc(-c3ccc(N4C[C@H](CNc5ccon5)OC4=O)cc3F)cn2)C=N1. The van der Waals surface area contributed by atoms with Gasteiger partial charge in [-0.2, -0.15) is 5.10 Å². The first-order chi connectivity index (χ1) is 16.1. The largest absolute Gasteiger partial charge is 0.442 e. The predicted molar refractivity (Wildman–Crippen MR) is 121 cm³/mol. The number of hydrogen-bond donors (Lipinski definition) is 1. The maximum Gasteiger partial charge on any atom is 0.414 e. The fraction of sp³-hybridized carbons (Fsp3) is 0.273. The summed E-state index contributed by atoms with van der Waals surface area (Å²) in [7, 11) is 1.91. The molecule has 1 N–H and O–H groups in total. The summed E-state index contributed by atoms with van der Waals surface area (Å²) in [6, 6.07) is 10.0. The molecule has 0 bridgehead atoms. The topological polar surface area (TPSA) is 99.3 Å². The monoisotopic (exact) mass is 451 g/mol. The van der Waals surface area contributed by atoms with E-state index in [-0.39, 0.29) is 0 Å². The van der Waals surface area contributed by atoms with E-state index < -0.39 is 18.0 Å². The molecule has 11 heteroatoms.